The summed E-state index contributed by atoms with van der Waals surface area (Å²) in [4.78, 5) is 13.7. The molecule has 7 nitrogen and oxygen atoms in total. The highest BCUT2D eigenvalue weighted by atomic mass is 19.1. The number of para-hydroxylation sites is 1. The number of likely N-dealkylation sites (tertiary alicyclic amines) is 1. The SMILES string of the molecule is O=C(O)c1ccccc1OCCN1CCC(c2cn(CCC3OCCO3)c3cc(F)ccc23)CC1. The average Bonchev–Trinajstić information content (AvgIpc) is 3.51. The van der Waals surface area contributed by atoms with Crippen molar-refractivity contribution in [2.45, 2.75) is 38.0 Å². The van der Waals surface area contributed by atoms with Gasteiger partial charge in [-0.2, -0.15) is 0 Å². The van der Waals surface area contributed by atoms with Crippen LogP contribution in [0, 0.1) is 5.82 Å². The van der Waals surface area contributed by atoms with Gasteiger partial charge in [-0.1, -0.05) is 12.1 Å². The number of hydrogen-bond acceptors (Lipinski definition) is 5. The van der Waals surface area contributed by atoms with Crippen LogP contribution >= 0.6 is 0 Å². The number of aromatic carboxylic acids is 1. The van der Waals surface area contributed by atoms with E-state index in [0.717, 1.165) is 56.3 Å². The van der Waals surface area contributed by atoms with Gasteiger partial charge in [0.2, 0.25) is 0 Å². The molecule has 1 N–H and O–H groups in total. The third-order valence-electron chi connectivity index (χ3n) is 6.98. The Balaban J connectivity index is 1.19. The summed E-state index contributed by atoms with van der Waals surface area (Å²) in [6.45, 7) is 5.05. The minimum atomic E-state index is -0.983. The molecule has 35 heavy (non-hydrogen) atoms. The fraction of sp³-hybridized carbons (Fsp3) is 0.444. The molecule has 0 saturated carbocycles. The highest BCUT2D eigenvalue weighted by Crippen LogP contribution is 2.35. The second-order valence-corrected chi connectivity index (χ2v) is 9.16. The van der Waals surface area contributed by atoms with Crippen LogP contribution in [-0.4, -0.2) is 66.3 Å². The normalized spacial score (nSPS) is 17.9. The third-order valence-corrected chi connectivity index (χ3v) is 6.98. The molecule has 0 spiro atoms. The van der Waals surface area contributed by atoms with Gasteiger partial charge in [-0.15, -0.1) is 0 Å². The van der Waals surface area contributed by atoms with Crippen molar-refractivity contribution in [3.8, 4) is 5.75 Å². The van der Waals surface area contributed by atoms with Crippen molar-refractivity contribution >= 4 is 16.9 Å². The molecule has 8 heteroatoms. The number of piperidine rings is 1. The third kappa shape index (κ3) is 5.50. The number of ether oxygens (including phenoxy) is 3. The van der Waals surface area contributed by atoms with Gasteiger partial charge in [0.05, 0.1) is 18.7 Å². The number of carboxylic acids is 1. The molecule has 186 valence electrons. The summed E-state index contributed by atoms with van der Waals surface area (Å²) in [6, 6.07) is 11.8. The molecule has 2 aliphatic rings. The second-order valence-electron chi connectivity index (χ2n) is 9.16. The van der Waals surface area contributed by atoms with Gasteiger partial charge in [0.25, 0.3) is 0 Å². The van der Waals surface area contributed by atoms with Crippen LogP contribution in [0.1, 0.15) is 41.1 Å². The lowest BCUT2D eigenvalue weighted by molar-refractivity contribution is -0.0488. The summed E-state index contributed by atoms with van der Waals surface area (Å²) in [5, 5.41) is 10.4. The minimum Gasteiger partial charge on any atom is -0.491 e. The van der Waals surface area contributed by atoms with E-state index < -0.39 is 5.97 Å². The molecule has 5 rings (SSSR count). The number of carbonyl (C=O) groups is 1. The molecule has 2 aliphatic heterocycles. The topological polar surface area (TPSA) is 73.2 Å². The van der Waals surface area contributed by atoms with Crippen LogP contribution in [0.3, 0.4) is 0 Å². The number of rotatable bonds is 9. The lowest BCUT2D eigenvalue weighted by atomic mass is 9.89. The Labute approximate surface area is 204 Å². The Morgan fingerprint density at radius 2 is 1.86 bits per heavy atom. The number of hydrogen-bond donors (Lipinski definition) is 1. The van der Waals surface area contributed by atoms with Gasteiger partial charge in [0, 0.05) is 31.1 Å². The highest BCUT2D eigenvalue weighted by Gasteiger charge is 2.25. The Bertz CT molecular complexity index is 1170. The van der Waals surface area contributed by atoms with Crippen LogP contribution in [-0.2, 0) is 16.0 Å². The quantitative estimate of drug-likeness (QED) is 0.484. The predicted octanol–water partition coefficient (Wildman–Crippen LogP) is 4.50. The minimum absolute atomic E-state index is 0.183. The number of nitrogens with zero attached hydrogens (tertiary/aromatic N) is 2. The predicted molar refractivity (Wildman–Crippen MR) is 130 cm³/mol. The molecule has 0 atom stereocenters. The van der Waals surface area contributed by atoms with Crippen LogP contribution in [0.25, 0.3) is 10.9 Å². The standard InChI is InChI=1S/C27H31FN2O5/c28-20-5-6-21-23(18-30(24(21)17-20)12-9-26-34-15-16-35-26)19-7-10-29(11-8-19)13-14-33-25-4-2-1-3-22(25)27(31)32/h1-6,17-19,26H,7-16H2,(H,31,32). The highest BCUT2D eigenvalue weighted by molar-refractivity contribution is 5.90. The van der Waals surface area contributed by atoms with E-state index >= 15 is 0 Å². The maximum atomic E-state index is 14.1. The number of aryl methyl sites for hydroxylation is 1. The summed E-state index contributed by atoms with van der Waals surface area (Å²) >= 11 is 0. The number of halogens is 1. The first-order valence-electron chi connectivity index (χ1n) is 12.3. The van der Waals surface area contributed by atoms with Crippen LogP contribution in [0.4, 0.5) is 4.39 Å². The summed E-state index contributed by atoms with van der Waals surface area (Å²) < 4.78 is 33.1. The van der Waals surface area contributed by atoms with Crippen LogP contribution < -0.4 is 4.74 Å². The zero-order chi connectivity index (χ0) is 24.2. The van der Waals surface area contributed by atoms with Gasteiger partial charge >= 0.3 is 5.97 Å². The average molecular weight is 483 g/mol. The van der Waals surface area contributed by atoms with Crippen molar-refractivity contribution in [2.24, 2.45) is 0 Å². The summed E-state index contributed by atoms with van der Waals surface area (Å²) in [7, 11) is 0. The van der Waals surface area contributed by atoms with Gasteiger partial charge < -0.3 is 23.9 Å². The molecule has 3 heterocycles. The van der Waals surface area contributed by atoms with E-state index in [-0.39, 0.29) is 17.7 Å². The van der Waals surface area contributed by atoms with Gasteiger partial charge in [-0.25, -0.2) is 9.18 Å². The molecule has 0 radical (unpaired) electrons. The molecule has 0 aliphatic carbocycles. The first-order valence-corrected chi connectivity index (χ1v) is 12.3. The lowest BCUT2D eigenvalue weighted by Gasteiger charge is -2.31. The molecular formula is C27H31FN2O5. The Morgan fingerprint density at radius 1 is 1.09 bits per heavy atom. The number of benzene rings is 2. The Kier molecular flexibility index (Phi) is 7.32. The largest absolute Gasteiger partial charge is 0.491 e. The molecule has 0 bridgehead atoms. The van der Waals surface area contributed by atoms with E-state index in [1.54, 1.807) is 36.4 Å². The monoisotopic (exact) mass is 482 g/mol. The molecule has 3 aromatic rings. The van der Waals surface area contributed by atoms with E-state index in [0.29, 0.717) is 31.5 Å². The van der Waals surface area contributed by atoms with E-state index in [9.17, 15) is 14.3 Å². The van der Waals surface area contributed by atoms with Gasteiger partial charge in [-0.3, -0.25) is 4.90 Å². The maximum absolute atomic E-state index is 14.1. The molecule has 2 saturated heterocycles. The van der Waals surface area contributed by atoms with E-state index in [1.165, 1.54) is 5.56 Å². The van der Waals surface area contributed by atoms with E-state index in [2.05, 4.69) is 15.7 Å². The van der Waals surface area contributed by atoms with Crippen LogP contribution in [0.5, 0.6) is 5.75 Å². The molecule has 1 aromatic heterocycles. The van der Waals surface area contributed by atoms with Crippen molar-refractivity contribution in [2.75, 3.05) is 39.5 Å². The van der Waals surface area contributed by atoms with Crippen LogP contribution in [0.2, 0.25) is 0 Å². The van der Waals surface area contributed by atoms with Crippen molar-refractivity contribution in [1.29, 1.82) is 0 Å². The smallest absolute Gasteiger partial charge is 0.339 e. The maximum Gasteiger partial charge on any atom is 0.339 e. The summed E-state index contributed by atoms with van der Waals surface area (Å²) in [6.07, 6.45) is 4.76. The van der Waals surface area contributed by atoms with Gasteiger partial charge in [0.15, 0.2) is 6.29 Å². The molecule has 0 amide bonds. The fourth-order valence-corrected chi connectivity index (χ4v) is 5.14. The van der Waals surface area contributed by atoms with Crippen LogP contribution in [0.15, 0.2) is 48.7 Å². The molecule has 2 fully saturated rings. The summed E-state index contributed by atoms with van der Waals surface area (Å²) in [5.74, 6) is -0.392. The number of aromatic nitrogens is 1. The number of carboxylic acid groups (broad SMARTS) is 1. The van der Waals surface area contributed by atoms with Crippen molar-refractivity contribution in [3.63, 3.8) is 0 Å². The van der Waals surface area contributed by atoms with Gasteiger partial charge in [-0.05, 0) is 67.7 Å². The first kappa shape index (κ1) is 23.8. The summed E-state index contributed by atoms with van der Waals surface area (Å²) in [5.41, 5.74) is 2.38. The molecule has 0 unspecified atom stereocenters. The zero-order valence-corrected chi connectivity index (χ0v) is 19.7. The number of fused-ring (bicyclic) bond motifs is 1. The second kappa shape index (κ2) is 10.8. The van der Waals surface area contributed by atoms with Crippen molar-refractivity contribution in [1.82, 2.24) is 9.47 Å². The molecule has 2 aromatic carbocycles. The van der Waals surface area contributed by atoms with E-state index in [4.69, 9.17) is 14.2 Å². The molecular weight excluding hydrogens is 451 g/mol. The van der Waals surface area contributed by atoms with E-state index in [1.807, 2.05) is 6.07 Å². The Hall–Kier alpha value is -2.94. The lowest BCUT2D eigenvalue weighted by Crippen LogP contribution is -2.35. The zero-order valence-electron chi connectivity index (χ0n) is 19.7. The van der Waals surface area contributed by atoms with Gasteiger partial charge in [0.1, 0.15) is 23.7 Å². The van der Waals surface area contributed by atoms with Crippen molar-refractivity contribution in [3.05, 3.63) is 65.6 Å². The Morgan fingerprint density at radius 3 is 2.63 bits per heavy atom. The van der Waals surface area contributed by atoms with Crippen molar-refractivity contribution < 1.29 is 28.5 Å². The fourth-order valence-electron chi connectivity index (χ4n) is 5.14. The first-order chi connectivity index (χ1) is 17.1.